The van der Waals surface area contributed by atoms with Crippen molar-refractivity contribution in [1.29, 1.82) is 0 Å². The van der Waals surface area contributed by atoms with Gasteiger partial charge in [0.1, 0.15) is 5.75 Å². The van der Waals surface area contributed by atoms with Crippen LogP contribution in [0.15, 0.2) is 48.7 Å². The molecule has 0 atom stereocenters. The van der Waals surface area contributed by atoms with Crippen molar-refractivity contribution < 1.29 is 9.53 Å². The summed E-state index contributed by atoms with van der Waals surface area (Å²) in [6.07, 6.45) is 2.21. The second-order valence-electron chi connectivity index (χ2n) is 6.19. The Hall–Kier alpha value is -2.75. The summed E-state index contributed by atoms with van der Waals surface area (Å²) in [5.74, 6) is 1.12. The second-order valence-corrected chi connectivity index (χ2v) is 6.19. The van der Waals surface area contributed by atoms with Gasteiger partial charge in [0, 0.05) is 22.8 Å². The van der Waals surface area contributed by atoms with Crippen LogP contribution in [0.5, 0.6) is 5.75 Å². The van der Waals surface area contributed by atoms with Crippen LogP contribution in [-0.4, -0.2) is 18.0 Å². The third-order valence-electron chi connectivity index (χ3n) is 4.18. The van der Waals surface area contributed by atoms with Gasteiger partial charge in [-0.3, -0.25) is 4.79 Å². The molecule has 0 spiro atoms. The number of anilines is 1. The maximum Gasteiger partial charge on any atom is 0.228 e. The number of rotatable bonds is 5. The molecule has 0 unspecified atom stereocenters. The van der Waals surface area contributed by atoms with E-state index in [0.717, 1.165) is 33.5 Å². The topological polar surface area (TPSA) is 54.1 Å². The number of carbonyl (C=O) groups excluding carboxylic acids is 1. The van der Waals surface area contributed by atoms with Crippen LogP contribution in [0, 0.1) is 0 Å². The number of methoxy groups -OCH3 is 1. The van der Waals surface area contributed by atoms with Crippen LogP contribution in [0.3, 0.4) is 0 Å². The molecule has 4 nitrogen and oxygen atoms in total. The SMILES string of the molecule is COc1ccc2[nH]cc(CC(=O)Nc3ccccc3C(C)C)c2c1. The van der Waals surface area contributed by atoms with Crippen LogP contribution in [0.25, 0.3) is 10.9 Å². The van der Waals surface area contributed by atoms with E-state index in [1.165, 1.54) is 0 Å². The zero-order valence-electron chi connectivity index (χ0n) is 14.2. The van der Waals surface area contributed by atoms with E-state index in [-0.39, 0.29) is 5.91 Å². The molecule has 124 valence electrons. The predicted molar refractivity (Wildman–Crippen MR) is 97.7 cm³/mol. The Balaban J connectivity index is 1.81. The summed E-state index contributed by atoms with van der Waals surface area (Å²) < 4.78 is 5.27. The van der Waals surface area contributed by atoms with E-state index in [4.69, 9.17) is 4.74 Å². The number of amides is 1. The Bertz CT molecular complexity index is 865. The van der Waals surface area contributed by atoms with Crippen LogP contribution in [-0.2, 0) is 11.2 Å². The number of ether oxygens (including phenoxy) is 1. The van der Waals surface area contributed by atoms with Crippen molar-refractivity contribution in [3.05, 3.63) is 59.8 Å². The standard InChI is InChI=1S/C20H22N2O2/c1-13(2)16-6-4-5-7-19(16)22-20(23)10-14-12-21-18-9-8-15(24-3)11-17(14)18/h4-9,11-13,21H,10H2,1-3H3,(H,22,23). The van der Waals surface area contributed by atoms with Gasteiger partial charge in [0.15, 0.2) is 0 Å². The third-order valence-corrected chi connectivity index (χ3v) is 4.18. The van der Waals surface area contributed by atoms with Gasteiger partial charge < -0.3 is 15.0 Å². The van der Waals surface area contributed by atoms with Gasteiger partial charge in [-0.15, -0.1) is 0 Å². The molecule has 1 aromatic heterocycles. The molecule has 0 saturated carbocycles. The van der Waals surface area contributed by atoms with E-state index in [0.29, 0.717) is 12.3 Å². The number of nitrogens with one attached hydrogen (secondary N) is 2. The van der Waals surface area contributed by atoms with Gasteiger partial charge in [0.2, 0.25) is 5.91 Å². The van der Waals surface area contributed by atoms with E-state index in [1.807, 2.05) is 42.6 Å². The Morgan fingerprint density at radius 2 is 2.00 bits per heavy atom. The van der Waals surface area contributed by atoms with Crippen molar-refractivity contribution in [3.8, 4) is 5.75 Å². The minimum absolute atomic E-state index is 0.0215. The number of carbonyl (C=O) groups is 1. The Labute approximate surface area is 141 Å². The molecule has 3 rings (SSSR count). The zero-order valence-corrected chi connectivity index (χ0v) is 14.2. The van der Waals surface area contributed by atoms with Gasteiger partial charge in [0.05, 0.1) is 13.5 Å². The first-order valence-corrected chi connectivity index (χ1v) is 8.11. The average Bonchev–Trinajstić information content (AvgIpc) is 2.97. The fraction of sp³-hybridized carbons (Fsp3) is 0.250. The molecule has 4 heteroatoms. The van der Waals surface area contributed by atoms with Gasteiger partial charge in [0.25, 0.3) is 0 Å². The van der Waals surface area contributed by atoms with Gasteiger partial charge in [-0.05, 0) is 41.3 Å². The summed E-state index contributed by atoms with van der Waals surface area (Å²) in [5.41, 5.74) is 3.99. The van der Waals surface area contributed by atoms with E-state index in [2.05, 4.69) is 30.2 Å². The van der Waals surface area contributed by atoms with Crippen molar-refractivity contribution in [1.82, 2.24) is 4.98 Å². The van der Waals surface area contributed by atoms with Crippen LogP contribution < -0.4 is 10.1 Å². The van der Waals surface area contributed by atoms with Gasteiger partial charge in [-0.1, -0.05) is 32.0 Å². The molecule has 0 aliphatic carbocycles. The lowest BCUT2D eigenvalue weighted by molar-refractivity contribution is -0.115. The highest BCUT2D eigenvalue weighted by molar-refractivity contribution is 5.96. The summed E-state index contributed by atoms with van der Waals surface area (Å²) in [4.78, 5) is 15.7. The molecule has 2 aromatic carbocycles. The molecule has 0 aliphatic heterocycles. The minimum atomic E-state index is -0.0215. The molecule has 0 bridgehead atoms. The number of H-pyrrole nitrogens is 1. The number of para-hydroxylation sites is 1. The minimum Gasteiger partial charge on any atom is -0.497 e. The maximum atomic E-state index is 12.5. The van der Waals surface area contributed by atoms with Crippen molar-refractivity contribution in [2.45, 2.75) is 26.2 Å². The van der Waals surface area contributed by atoms with Crippen LogP contribution in [0.2, 0.25) is 0 Å². The second kappa shape index (κ2) is 6.79. The lowest BCUT2D eigenvalue weighted by atomic mass is 10.0. The van der Waals surface area contributed by atoms with Crippen molar-refractivity contribution in [3.63, 3.8) is 0 Å². The monoisotopic (exact) mass is 322 g/mol. The molecule has 0 fully saturated rings. The molecule has 1 amide bonds. The predicted octanol–water partition coefficient (Wildman–Crippen LogP) is 4.48. The van der Waals surface area contributed by atoms with Gasteiger partial charge >= 0.3 is 0 Å². The Morgan fingerprint density at radius 3 is 2.75 bits per heavy atom. The van der Waals surface area contributed by atoms with Crippen molar-refractivity contribution in [2.75, 3.05) is 12.4 Å². The van der Waals surface area contributed by atoms with Crippen LogP contribution >= 0.6 is 0 Å². The third kappa shape index (κ3) is 3.27. The largest absolute Gasteiger partial charge is 0.497 e. The van der Waals surface area contributed by atoms with Crippen molar-refractivity contribution >= 4 is 22.5 Å². The van der Waals surface area contributed by atoms with E-state index >= 15 is 0 Å². The number of aromatic nitrogens is 1. The fourth-order valence-corrected chi connectivity index (χ4v) is 2.91. The lowest BCUT2D eigenvalue weighted by Gasteiger charge is -2.13. The zero-order chi connectivity index (χ0) is 17.1. The first kappa shape index (κ1) is 16.1. The van der Waals surface area contributed by atoms with Crippen molar-refractivity contribution in [2.24, 2.45) is 0 Å². The summed E-state index contributed by atoms with van der Waals surface area (Å²) >= 11 is 0. The number of hydrogen-bond acceptors (Lipinski definition) is 2. The fourth-order valence-electron chi connectivity index (χ4n) is 2.91. The Morgan fingerprint density at radius 1 is 1.21 bits per heavy atom. The highest BCUT2D eigenvalue weighted by Gasteiger charge is 2.12. The van der Waals surface area contributed by atoms with Gasteiger partial charge in [-0.25, -0.2) is 0 Å². The first-order chi connectivity index (χ1) is 11.6. The lowest BCUT2D eigenvalue weighted by Crippen LogP contribution is -2.15. The average molecular weight is 322 g/mol. The number of benzene rings is 2. The summed E-state index contributed by atoms with van der Waals surface area (Å²) in [6, 6.07) is 13.8. The normalized spacial score (nSPS) is 11.0. The van der Waals surface area contributed by atoms with Crippen LogP contribution in [0.4, 0.5) is 5.69 Å². The molecule has 3 aromatic rings. The summed E-state index contributed by atoms with van der Waals surface area (Å²) in [5, 5.41) is 4.05. The van der Waals surface area contributed by atoms with E-state index in [1.54, 1.807) is 7.11 Å². The number of hydrogen-bond donors (Lipinski definition) is 2. The number of fused-ring (bicyclic) bond motifs is 1. The molecule has 0 saturated heterocycles. The highest BCUT2D eigenvalue weighted by Crippen LogP contribution is 2.26. The molecule has 0 aliphatic rings. The molecule has 24 heavy (non-hydrogen) atoms. The quantitative estimate of drug-likeness (QED) is 0.727. The summed E-state index contributed by atoms with van der Waals surface area (Å²) in [6.45, 7) is 4.24. The Kier molecular flexibility index (Phi) is 4.56. The molecule has 2 N–H and O–H groups in total. The smallest absolute Gasteiger partial charge is 0.228 e. The molecular weight excluding hydrogens is 300 g/mol. The number of aromatic amines is 1. The summed E-state index contributed by atoms with van der Waals surface area (Å²) in [7, 11) is 1.64. The molecular formula is C20H22N2O2. The van der Waals surface area contributed by atoms with E-state index < -0.39 is 0 Å². The van der Waals surface area contributed by atoms with Crippen LogP contribution in [0.1, 0.15) is 30.9 Å². The molecule has 0 radical (unpaired) electrons. The molecule has 1 heterocycles. The maximum absolute atomic E-state index is 12.5. The first-order valence-electron chi connectivity index (χ1n) is 8.11. The van der Waals surface area contributed by atoms with E-state index in [9.17, 15) is 4.79 Å². The van der Waals surface area contributed by atoms with Gasteiger partial charge in [-0.2, -0.15) is 0 Å². The highest BCUT2D eigenvalue weighted by atomic mass is 16.5.